The molecular formula is C14H18BrN3O. The van der Waals surface area contributed by atoms with Gasteiger partial charge in [-0.3, -0.25) is 4.90 Å². The molecule has 2 N–H and O–H groups in total. The van der Waals surface area contributed by atoms with Gasteiger partial charge in [0, 0.05) is 29.7 Å². The maximum atomic E-state index is 5.91. The van der Waals surface area contributed by atoms with Gasteiger partial charge in [-0.1, -0.05) is 33.2 Å². The van der Waals surface area contributed by atoms with Crippen LogP contribution in [0.3, 0.4) is 0 Å². The first-order valence-electron chi connectivity index (χ1n) is 6.18. The Bertz CT molecular complexity index is 541. The highest BCUT2D eigenvalue weighted by Crippen LogP contribution is 2.23. The van der Waals surface area contributed by atoms with Crippen LogP contribution in [-0.2, 0) is 6.54 Å². The summed E-state index contributed by atoms with van der Waals surface area (Å²) >= 11 is 3.49. The van der Waals surface area contributed by atoms with Crippen molar-refractivity contribution in [1.82, 2.24) is 10.1 Å². The van der Waals surface area contributed by atoms with E-state index < -0.39 is 0 Å². The van der Waals surface area contributed by atoms with Crippen LogP contribution in [0.4, 0.5) is 0 Å². The first-order valence-corrected chi connectivity index (χ1v) is 6.97. The molecule has 0 radical (unpaired) electrons. The van der Waals surface area contributed by atoms with Gasteiger partial charge in [0.15, 0.2) is 0 Å². The molecule has 19 heavy (non-hydrogen) atoms. The molecule has 0 bridgehead atoms. The van der Waals surface area contributed by atoms with Crippen LogP contribution in [0.2, 0.25) is 0 Å². The Morgan fingerprint density at radius 1 is 1.42 bits per heavy atom. The predicted octanol–water partition coefficient (Wildman–Crippen LogP) is 2.88. The van der Waals surface area contributed by atoms with E-state index in [1.165, 1.54) is 5.56 Å². The van der Waals surface area contributed by atoms with Gasteiger partial charge in [-0.25, -0.2) is 0 Å². The number of halogens is 1. The van der Waals surface area contributed by atoms with Crippen molar-refractivity contribution < 1.29 is 4.52 Å². The van der Waals surface area contributed by atoms with E-state index in [1.54, 1.807) is 0 Å². The number of aryl methyl sites for hydroxylation is 1. The maximum Gasteiger partial charge on any atom is 0.133 e. The molecule has 0 aliphatic heterocycles. The largest absolute Gasteiger partial charge is 0.361 e. The maximum absolute atomic E-state index is 5.91. The van der Waals surface area contributed by atoms with Crippen LogP contribution in [0, 0.1) is 6.92 Å². The number of hydrogen-bond acceptors (Lipinski definition) is 4. The zero-order chi connectivity index (χ0) is 13.8. The fraction of sp³-hybridized carbons (Fsp3) is 0.357. The molecule has 1 aromatic carbocycles. The van der Waals surface area contributed by atoms with Gasteiger partial charge in [0.1, 0.15) is 5.76 Å². The molecule has 1 atom stereocenters. The Hall–Kier alpha value is -1.17. The summed E-state index contributed by atoms with van der Waals surface area (Å²) in [5.74, 6) is 0.829. The topological polar surface area (TPSA) is 55.3 Å². The number of likely N-dealkylation sites (N-methyl/N-ethyl adjacent to an activating group) is 1. The molecule has 0 aliphatic rings. The number of aromatic nitrogens is 1. The van der Waals surface area contributed by atoms with Crippen molar-refractivity contribution >= 4 is 15.9 Å². The molecule has 1 unspecified atom stereocenters. The van der Waals surface area contributed by atoms with Crippen LogP contribution < -0.4 is 5.73 Å². The molecule has 2 rings (SSSR count). The molecule has 102 valence electrons. The number of nitrogens with zero attached hydrogens (tertiary/aromatic N) is 2. The average molecular weight is 324 g/mol. The fourth-order valence-corrected chi connectivity index (χ4v) is 2.56. The predicted molar refractivity (Wildman–Crippen MR) is 78.6 cm³/mol. The van der Waals surface area contributed by atoms with Gasteiger partial charge in [-0.15, -0.1) is 0 Å². The van der Waals surface area contributed by atoms with E-state index in [0.29, 0.717) is 13.1 Å². The monoisotopic (exact) mass is 323 g/mol. The zero-order valence-electron chi connectivity index (χ0n) is 11.1. The third kappa shape index (κ3) is 3.65. The van der Waals surface area contributed by atoms with E-state index in [9.17, 15) is 0 Å². The zero-order valence-corrected chi connectivity index (χ0v) is 12.7. The third-order valence-electron chi connectivity index (χ3n) is 3.08. The van der Waals surface area contributed by atoms with E-state index in [1.807, 2.05) is 32.2 Å². The fourth-order valence-electron chi connectivity index (χ4n) is 2.14. The summed E-state index contributed by atoms with van der Waals surface area (Å²) in [5.41, 5.74) is 8.03. The van der Waals surface area contributed by atoms with E-state index in [4.69, 9.17) is 10.3 Å². The summed E-state index contributed by atoms with van der Waals surface area (Å²) in [6, 6.07) is 10.3. The lowest BCUT2D eigenvalue weighted by Gasteiger charge is -2.26. The van der Waals surface area contributed by atoms with E-state index in [-0.39, 0.29) is 6.04 Å². The molecule has 0 fully saturated rings. The van der Waals surface area contributed by atoms with Gasteiger partial charge < -0.3 is 10.3 Å². The van der Waals surface area contributed by atoms with E-state index in [2.05, 4.69) is 38.1 Å². The lowest BCUT2D eigenvalue weighted by Crippen LogP contribution is -2.30. The summed E-state index contributed by atoms with van der Waals surface area (Å²) in [6.45, 7) is 3.17. The van der Waals surface area contributed by atoms with Crippen LogP contribution in [0.15, 0.2) is 39.3 Å². The molecule has 0 aliphatic carbocycles. The SMILES string of the molecule is Cc1cc(CN(C)C(CN)c2cccc(Br)c2)no1. The van der Waals surface area contributed by atoms with Crippen molar-refractivity contribution in [3.63, 3.8) is 0 Å². The molecule has 0 saturated heterocycles. The lowest BCUT2D eigenvalue weighted by atomic mass is 10.1. The van der Waals surface area contributed by atoms with Crippen molar-refractivity contribution in [2.75, 3.05) is 13.6 Å². The van der Waals surface area contributed by atoms with Gasteiger partial charge in [0.25, 0.3) is 0 Å². The van der Waals surface area contributed by atoms with Crippen LogP contribution in [0.1, 0.15) is 23.1 Å². The van der Waals surface area contributed by atoms with Crippen molar-refractivity contribution in [2.45, 2.75) is 19.5 Å². The summed E-state index contributed by atoms with van der Waals surface area (Å²) in [6.07, 6.45) is 0. The molecule has 1 aromatic heterocycles. The van der Waals surface area contributed by atoms with Crippen molar-refractivity contribution in [3.05, 3.63) is 51.8 Å². The minimum Gasteiger partial charge on any atom is -0.361 e. The van der Waals surface area contributed by atoms with Crippen LogP contribution in [-0.4, -0.2) is 23.6 Å². The summed E-state index contributed by atoms with van der Waals surface area (Å²) < 4.78 is 6.15. The molecule has 0 amide bonds. The normalized spacial score (nSPS) is 12.9. The molecule has 1 heterocycles. The Labute approximate surface area is 121 Å². The summed E-state index contributed by atoms with van der Waals surface area (Å²) in [7, 11) is 2.04. The lowest BCUT2D eigenvalue weighted by molar-refractivity contribution is 0.234. The quantitative estimate of drug-likeness (QED) is 0.919. The number of nitrogens with two attached hydrogens (primary N) is 1. The van der Waals surface area contributed by atoms with Gasteiger partial charge in [-0.2, -0.15) is 0 Å². The first kappa shape index (κ1) is 14.2. The van der Waals surface area contributed by atoms with Crippen molar-refractivity contribution in [1.29, 1.82) is 0 Å². The third-order valence-corrected chi connectivity index (χ3v) is 3.57. The molecule has 2 aromatic rings. The second-order valence-corrected chi connectivity index (χ2v) is 5.57. The molecule has 0 spiro atoms. The number of rotatable bonds is 5. The van der Waals surface area contributed by atoms with E-state index in [0.717, 1.165) is 15.9 Å². The van der Waals surface area contributed by atoms with E-state index >= 15 is 0 Å². The minimum atomic E-state index is 0.162. The van der Waals surface area contributed by atoms with Gasteiger partial charge in [-0.05, 0) is 31.7 Å². The standard InChI is InChI=1S/C14H18BrN3O/c1-10-6-13(17-19-10)9-18(2)14(8-16)11-4-3-5-12(15)7-11/h3-7,14H,8-9,16H2,1-2H3. The minimum absolute atomic E-state index is 0.162. The highest BCUT2D eigenvalue weighted by Gasteiger charge is 2.17. The number of hydrogen-bond donors (Lipinski definition) is 1. The Morgan fingerprint density at radius 2 is 2.21 bits per heavy atom. The van der Waals surface area contributed by atoms with Crippen LogP contribution in [0.5, 0.6) is 0 Å². The first-order chi connectivity index (χ1) is 9.10. The molecular weight excluding hydrogens is 306 g/mol. The van der Waals surface area contributed by atoms with Gasteiger partial charge in [0.2, 0.25) is 0 Å². The molecule has 0 saturated carbocycles. The van der Waals surface area contributed by atoms with Crippen LogP contribution >= 0.6 is 15.9 Å². The second-order valence-electron chi connectivity index (χ2n) is 4.65. The van der Waals surface area contributed by atoms with Crippen LogP contribution in [0.25, 0.3) is 0 Å². The number of benzene rings is 1. The summed E-state index contributed by atoms with van der Waals surface area (Å²) in [5, 5.41) is 4.02. The Morgan fingerprint density at radius 3 is 2.79 bits per heavy atom. The molecule has 5 heteroatoms. The summed E-state index contributed by atoms with van der Waals surface area (Å²) in [4.78, 5) is 2.18. The van der Waals surface area contributed by atoms with Gasteiger partial charge >= 0.3 is 0 Å². The Kier molecular flexibility index (Phi) is 4.74. The smallest absolute Gasteiger partial charge is 0.133 e. The van der Waals surface area contributed by atoms with Crippen molar-refractivity contribution in [3.8, 4) is 0 Å². The van der Waals surface area contributed by atoms with Crippen molar-refractivity contribution in [2.24, 2.45) is 5.73 Å². The highest BCUT2D eigenvalue weighted by molar-refractivity contribution is 9.10. The second kappa shape index (κ2) is 6.32. The highest BCUT2D eigenvalue weighted by atomic mass is 79.9. The Balaban J connectivity index is 2.12. The average Bonchev–Trinajstić information content (AvgIpc) is 2.75. The van der Waals surface area contributed by atoms with Gasteiger partial charge in [0.05, 0.1) is 5.69 Å². The molecule has 4 nitrogen and oxygen atoms in total.